The van der Waals surface area contributed by atoms with Crippen LogP contribution in [0.25, 0.3) is 0 Å². The molecule has 0 saturated heterocycles. The minimum Gasteiger partial charge on any atom is -0.530 e. The minimum absolute atomic E-state index is 0. The zero-order valence-corrected chi connectivity index (χ0v) is 20.9. The van der Waals surface area contributed by atoms with Gasteiger partial charge in [-0.25, -0.2) is 0 Å². The van der Waals surface area contributed by atoms with E-state index in [2.05, 4.69) is 40.2 Å². The number of unbranched alkanes of at least 4 members (excludes halogenated alkanes) is 1. The van der Waals surface area contributed by atoms with Gasteiger partial charge in [0.15, 0.2) is 0 Å². The monoisotopic (exact) mass is 510 g/mol. The number of nitrogens with one attached hydrogen (secondary N) is 2. The van der Waals surface area contributed by atoms with Gasteiger partial charge in [0.05, 0.1) is 14.2 Å². The van der Waals surface area contributed by atoms with E-state index in [1.807, 2.05) is 0 Å². The third-order valence-corrected chi connectivity index (χ3v) is 2.36. The molecule has 0 aromatic rings. The first-order valence-corrected chi connectivity index (χ1v) is 6.93. The van der Waals surface area contributed by atoms with Gasteiger partial charge in [0.25, 0.3) is 11.9 Å². The first-order valence-electron chi connectivity index (χ1n) is 6.93. The largest absolute Gasteiger partial charge is 0.530 e. The van der Waals surface area contributed by atoms with E-state index < -0.39 is 0 Å². The topological polar surface area (TPSA) is 117 Å². The molecule has 0 heterocycles. The molecule has 0 spiro atoms. The van der Waals surface area contributed by atoms with E-state index in [0.29, 0.717) is 19.0 Å². The zero-order chi connectivity index (χ0) is 18.5. The number of hydrogen-bond donors (Lipinski definition) is 4. The summed E-state index contributed by atoms with van der Waals surface area (Å²) in [5, 5.41) is 20.9. The number of rotatable bonds is 11. The van der Waals surface area contributed by atoms with Crippen LogP contribution in [0.3, 0.4) is 0 Å². The van der Waals surface area contributed by atoms with Gasteiger partial charge >= 0.3 is 0 Å². The van der Waals surface area contributed by atoms with Crippen LogP contribution in [0.15, 0.2) is 25.0 Å². The quantitative estimate of drug-likeness (QED) is 0.190. The van der Waals surface area contributed by atoms with E-state index in [4.69, 9.17) is 10.2 Å². The standard InChI is InChI=1S/C9H16N2O2.2C3H6O2.2Y/c1-2-3-4-9(5-10-7-12)6-11-8-13;2*1-3(4)5-2;;/h9H,2-6H2,1H3,(H,10,12)(H,11,13);2*4H,1H2,2H3;;/q-2;;;;. The fourth-order valence-electron chi connectivity index (χ4n) is 1.14. The van der Waals surface area contributed by atoms with Crippen molar-refractivity contribution >= 4 is 12.8 Å². The second-order valence-electron chi connectivity index (χ2n) is 4.17. The molecule has 0 rings (SSSR count). The van der Waals surface area contributed by atoms with Crippen LogP contribution in [0.4, 0.5) is 0 Å². The Morgan fingerprint density at radius 3 is 1.52 bits per heavy atom. The van der Waals surface area contributed by atoms with Gasteiger partial charge in [-0.3, -0.25) is 0 Å². The van der Waals surface area contributed by atoms with Crippen LogP contribution < -0.4 is 10.6 Å². The Hall–Kier alpha value is -0.172. The van der Waals surface area contributed by atoms with E-state index in [-0.39, 0.29) is 77.3 Å². The summed E-state index contributed by atoms with van der Waals surface area (Å²) in [6, 6.07) is 0. The van der Waals surface area contributed by atoms with Crippen LogP contribution >= 0.6 is 0 Å². The van der Waals surface area contributed by atoms with Crippen molar-refractivity contribution in [3.63, 3.8) is 0 Å². The minimum atomic E-state index is -0.245. The SMILES string of the molecule is C=C(O)OC.C=C(O)OC.CCCCC(CN[C-]=O)CN[C-]=O.[Y].[Y]. The molecule has 2 amide bonds. The predicted octanol–water partition coefficient (Wildman–Crippen LogP) is 1.43. The number of aliphatic hydroxyl groups excluding tert-OH is 2. The van der Waals surface area contributed by atoms with Gasteiger partial charge in [-0.15, -0.1) is 0 Å². The van der Waals surface area contributed by atoms with Crippen LogP contribution in [-0.2, 0) is 84.5 Å². The van der Waals surface area contributed by atoms with E-state index in [1.165, 1.54) is 14.2 Å². The molecule has 0 aromatic heterocycles. The molecule has 25 heavy (non-hydrogen) atoms. The zero-order valence-electron chi connectivity index (χ0n) is 15.2. The molecule has 0 fully saturated rings. The van der Waals surface area contributed by atoms with Crippen molar-refractivity contribution in [2.75, 3.05) is 27.3 Å². The average molecular weight is 510 g/mol. The number of hydrogen-bond acceptors (Lipinski definition) is 6. The Morgan fingerprint density at radius 2 is 1.32 bits per heavy atom. The third kappa shape index (κ3) is 45.3. The van der Waals surface area contributed by atoms with Crippen molar-refractivity contribution in [1.29, 1.82) is 0 Å². The smallest absolute Gasteiger partial charge is 0.268 e. The molecule has 0 bridgehead atoms. The van der Waals surface area contributed by atoms with Crippen LogP contribution in [0.2, 0.25) is 0 Å². The summed E-state index contributed by atoms with van der Waals surface area (Å²) in [6.07, 6.45) is 6.47. The van der Waals surface area contributed by atoms with Crippen molar-refractivity contribution in [2.24, 2.45) is 5.92 Å². The average Bonchev–Trinajstić information content (AvgIpc) is 2.55. The first-order chi connectivity index (χ1) is 10.9. The van der Waals surface area contributed by atoms with Gasteiger partial charge in [0.1, 0.15) is 0 Å². The molecule has 4 N–H and O–H groups in total. The molecule has 0 aliphatic carbocycles. The Balaban J connectivity index is -0.0000000933. The summed E-state index contributed by atoms with van der Waals surface area (Å²) in [6.45, 7) is 9.26. The van der Waals surface area contributed by atoms with Crippen LogP contribution in [0.5, 0.6) is 0 Å². The summed E-state index contributed by atoms with van der Waals surface area (Å²) in [5.41, 5.74) is 0. The normalized spacial score (nSPS) is 7.68. The van der Waals surface area contributed by atoms with E-state index in [9.17, 15) is 9.59 Å². The Kier molecular flexibility index (Phi) is 45.3. The van der Waals surface area contributed by atoms with Crippen molar-refractivity contribution in [2.45, 2.75) is 26.2 Å². The van der Waals surface area contributed by atoms with Crippen molar-refractivity contribution in [3.8, 4) is 0 Å². The maximum Gasteiger partial charge on any atom is 0.268 e. The van der Waals surface area contributed by atoms with E-state index in [0.717, 1.165) is 19.3 Å². The van der Waals surface area contributed by atoms with Gasteiger partial charge in [-0.1, -0.05) is 19.8 Å². The maximum atomic E-state index is 9.92. The number of methoxy groups -OCH3 is 2. The molecular formula is C15H28N2O6Y2-2. The number of amides is 2. The Morgan fingerprint density at radius 1 is 1.00 bits per heavy atom. The number of carbonyl (C=O) groups excluding carboxylic acids is 2. The summed E-state index contributed by atoms with van der Waals surface area (Å²) in [5.74, 6) is -0.196. The molecule has 142 valence electrons. The molecular weight excluding hydrogens is 482 g/mol. The first kappa shape index (κ1) is 35.9. The second kappa shape index (κ2) is 31.6. The molecule has 0 aliphatic heterocycles. The maximum absolute atomic E-state index is 9.92. The molecule has 8 nitrogen and oxygen atoms in total. The molecule has 0 atom stereocenters. The number of ether oxygens (including phenoxy) is 2. The van der Waals surface area contributed by atoms with Crippen molar-refractivity contribution in [3.05, 3.63) is 25.0 Å². The molecule has 10 heteroatoms. The molecule has 0 aliphatic rings. The van der Waals surface area contributed by atoms with Gasteiger partial charge < -0.3 is 39.9 Å². The number of aliphatic hydroxyl groups is 2. The summed E-state index contributed by atoms with van der Waals surface area (Å²) in [7, 11) is 2.70. The van der Waals surface area contributed by atoms with Crippen LogP contribution in [-0.4, -0.2) is 50.3 Å². The Labute approximate surface area is 200 Å². The predicted molar refractivity (Wildman–Crippen MR) is 88.0 cm³/mol. The van der Waals surface area contributed by atoms with E-state index in [1.54, 1.807) is 12.8 Å². The summed E-state index contributed by atoms with van der Waals surface area (Å²) < 4.78 is 8.22. The second-order valence-corrected chi connectivity index (χ2v) is 4.17. The Bertz CT molecular complexity index is 294. The fraction of sp³-hybridized carbons (Fsp3) is 0.600. The van der Waals surface area contributed by atoms with Crippen molar-refractivity contribution < 1.29 is 94.7 Å². The van der Waals surface area contributed by atoms with Crippen molar-refractivity contribution in [1.82, 2.24) is 10.6 Å². The van der Waals surface area contributed by atoms with E-state index >= 15 is 0 Å². The molecule has 0 unspecified atom stereocenters. The summed E-state index contributed by atoms with van der Waals surface area (Å²) in [4.78, 5) is 19.8. The fourth-order valence-corrected chi connectivity index (χ4v) is 1.14. The van der Waals surface area contributed by atoms with Gasteiger partial charge in [-0.2, -0.15) is 12.8 Å². The van der Waals surface area contributed by atoms with Crippen LogP contribution in [0, 0.1) is 5.92 Å². The van der Waals surface area contributed by atoms with Gasteiger partial charge in [-0.05, 0) is 38.6 Å². The van der Waals surface area contributed by atoms with Crippen LogP contribution in [0.1, 0.15) is 26.2 Å². The molecule has 0 saturated carbocycles. The summed E-state index contributed by atoms with van der Waals surface area (Å²) >= 11 is 0. The molecule has 0 aromatic carbocycles. The molecule has 2 radical (unpaired) electrons. The van der Waals surface area contributed by atoms with Gasteiger partial charge in [0.2, 0.25) is 0 Å². The van der Waals surface area contributed by atoms with Gasteiger partial charge in [0, 0.05) is 65.4 Å². The third-order valence-electron chi connectivity index (χ3n) is 2.36.